The van der Waals surface area contributed by atoms with Crippen LogP contribution in [0.25, 0.3) is 0 Å². The lowest BCUT2D eigenvalue weighted by Gasteiger charge is -2.14. The van der Waals surface area contributed by atoms with Crippen molar-refractivity contribution < 1.29 is 28.5 Å². The van der Waals surface area contributed by atoms with Crippen molar-refractivity contribution in [1.82, 2.24) is 0 Å². The van der Waals surface area contributed by atoms with Gasteiger partial charge in [0, 0.05) is 4.47 Å². The molecule has 0 fully saturated rings. The fraction of sp³-hybridized carbons (Fsp3) is 0.188. The predicted octanol–water partition coefficient (Wildman–Crippen LogP) is 3.75. The largest absolute Gasteiger partial charge is 0.493 e. The molecule has 0 aliphatic carbocycles. The zero-order valence-corrected chi connectivity index (χ0v) is 13.8. The van der Waals surface area contributed by atoms with Gasteiger partial charge in [0.25, 0.3) is 0 Å². The molecule has 0 atom stereocenters. The smallest absolute Gasteiger partial charge is 0.339 e. The van der Waals surface area contributed by atoms with E-state index in [1.165, 1.54) is 37.4 Å². The van der Waals surface area contributed by atoms with Crippen LogP contribution in [-0.2, 0) is 0 Å². The topological polar surface area (TPSA) is 65.0 Å². The predicted molar refractivity (Wildman–Crippen MR) is 85.0 cm³/mol. The van der Waals surface area contributed by atoms with Crippen LogP contribution in [-0.4, -0.2) is 31.4 Å². The van der Waals surface area contributed by atoms with Crippen molar-refractivity contribution in [2.24, 2.45) is 0 Å². The van der Waals surface area contributed by atoms with Gasteiger partial charge in [-0.25, -0.2) is 9.18 Å². The van der Waals surface area contributed by atoms with Crippen LogP contribution < -0.4 is 14.2 Å². The molecule has 2 aromatic rings. The van der Waals surface area contributed by atoms with E-state index >= 15 is 0 Å². The van der Waals surface area contributed by atoms with E-state index in [1.807, 2.05) is 0 Å². The molecule has 5 nitrogen and oxygen atoms in total. The van der Waals surface area contributed by atoms with Gasteiger partial charge in [-0.3, -0.25) is 0 Å². The Morgan fingerprint density at radius 2 is 1.83 bits per heavy atom. The van der Waals surface area contributed by atoms with E-state index in [4.69, 9.17) is 14.2 Å². The van der Waals surface area contributed by atoms with Crippen LogP contribution in [0.2, 0.25) is 0 Å². The second kappa shape index (κ2) is 7.82. The van der Waals surface area contributed by atoms with E-state index < -0.39 is 5.97 Å². The summed E-state index contributed by atoms with van der Waals surface area (Å²) < 4.78 is 29.4. The number of methoxy groups -OCH3 is 1. The van der Waals surface area contributed by atoms with Gasteiger partial charge in [0.05, 0.1) is 7.11 Å². The monoisotopic (exact) mass is 384 g/mol. The third-order valence-corrected chi connectivity index (χ3v) is 3.34. The molecule has 7 heteroatoms. The minimum atomic E-state index is -1.13. The normalized spacial score (nSPS) is 10.2. The van der Waals surface area contributed by atoms with Crippen LogP contribution in [0.1, 0.15) is 10.4 Å². The molecule has 0 saturated carbocycles. The Kier molecular flexibility index (Phi) is 5.81. The van der Waals surface area contributed by atoms with Crippen LogP contribution in [0.3, 0.4) is 0 Å². The standard InChI is InChI=1S/C16H14BrFO5/c1-21-14-9-10(17)8-13(16(19)20)15(14)23-7-6-22-12-4-2-11(18)3-5-12/h2-5,8-9H,6-7H2,1H3,(H,19,20). The zero-order valence-electron chi connectivity index (χ0n) is 12.2. The summed E-state index contributed by atoms with van der Waals surface area (Å²) in [5.74, 6) is -0.543. The first-order valence-electron chi connectivity index (χ1n) is 6.63. The molecule has 2 aromatic carbocycles. The molecule has 1 N–H and O–H groups in total. The Hall–Kier alpha value is -2.28. The fourth-order valence-electron chi connectivity index (χ4n) is 1.86. The third kappa shape index (κ3) is 4.59. The Morgan fingerprint density at radius 3 is 2.43 bits per heavy atom. The highest BCUT2D eigenvalue weighted by Crippen LogP contribution is 2.34. The minimum absolute atomic E-state index is 0.0157. The molecule has 0 aromatic heterocycles. The molecule has 0 unspecified atom stereocenters. The quantitative estimate of drug-likeness (QED) is 0.736. The molecule has 122 valence electrons. The van der Waals surface area contributed by atoms with Crippen molar-refractivity contribution in [3.63, 3.8) is 0 Å². The average molecular weight is 385 g/mol. The summed E-state index contributed by atoms with van der Waals surface area (Å²) in [7, 11) is 1.43. The van der Waals surface area contributed by atoms with E-state index in [9.17, 15) is 14.3 Å². The number of halogens is 2. The van der Waals surface area contributed by atoms with Gasteiger partial charge in [-0.1, -0.05) is 15.9 Å². The Morgan fingerprint density at radius 1 is 1.17 bits per heavy atom. The van der Waals surface area contributed by atoms with Crippen molar-refractivity contribution in [3.8, 4) is 17.2 Å². The molecule has 0 bridgehead atoms. The lowest BCUT2D eigenvalue weighted by molar-refractivity contribution is 0.0690. The molecule has 0 aliphatic rings. The number of carboxylic acids is 1. The first kappa shape index (κ1) is 17.1. The van der Waals surface area contributed by atoms with Crippen molar-refractivity contribution in [2.45, 2.75) is 0 Å². The van der Waals surface area contributed by atoms with E-state index in [-0.39, 0.29) is 30.3 Å². The molecule has 0 amide bonds. The van der Waals surface area contributed by atoms with E-state index in [0.717, 1.165) is 0 Å². The van der Waals surface area contributed by atoms with Gasteiger partial charge in [-0.05, 0) is 36.4 Å². The highest BCUT2D eigenvalue weighted by Gasteiger charge is 2.18. The van der Waals surface area contributed by atoms with Crippen LogP contribution >= 0.6 is 15.9 Å². The van der Waals surface area contributed by atoms with Gasteiger partial charge in [0.1, 0.15) is 30.3 Å². The highest BCUT2D eigenvalue weighted by molar-refractivity contribution is 9.10. The average Bonchev–Trinajstić information content (AvgIpc) is 2.53. The summed E-state index contributed by atoms with van der Waals surface area (Å²) >= 11 is 3.22. The molecule has 0 saturated heterocycles. The first-order chi connectivity index (χ1) is 11.0. The summed E-state index contributed by atoms with van der Waals surface area (Å²) in [4.78, 5) is 11.3. The lowest BCUT2D eigenvalue weighted by atomic mass is 10.2. The summed E-state index contributed by atoms with van der Waals surface area (Å²) in [5, 5.41) is 9.25. The van der Waals surface area contributed by atoms with Crippen LogP contribution in [0.5, 0.6) is 17.2 Å². The van der Waals surface area contributed by atoms with Gasteiger partial charge in [-0.15, -0.1) is 0 Å². The molecule has 2 rings (SSSR count). The molecule has 23 heavy (non-hydrogen) atoms. The van der Waals surface area contributed by atoms with Crippen molar-refractivity contribution in [3.05, 3.63) is 52.3 Å². The van der Waals surface area contributed by atoms with Gasteiger partial charge >= 0.3 is 5.97 Å². The van der Waals surface area contributed by atoms with Gasteiger partial charge in [0.2, 0.25) is 0 Å². The summed E-state index contributed by atoms with van der Waals surface area (Å²) in [6.07, 6.45) is 0. The van der Waals surface area contributed by atoms with Crippen molar-refractivity contribution in [2.75, 3.05) is 20.3 Å². The summed E-state index contributed by atoms with van der Waals surface area (Å²) in [6.45, 7) is 0.277. The van der Waals surface area contributed by atoms with E-state index in [1.54, 1.807) is 6.07 Å². The second-order valence-corrected chi connectivity index (χ2v) is 5.36. The Bertz CT molecular complexity index is 688. The molecule has 0 spiro atoms. The summed E-state index contributed by atoms with van der Waals surface area (Å²) in [5.41, 5.74) is -0.0157. The lowest BCUT2D eigenvalue weighted by Crippen LogP contribution is -2.12. The molecule has 0 heterocycles. The van der Waals surface area contributed by atoms with Gasteiger partial charge < -0.3 is 19.3 Å². The maximum Gasteiger partial charge on any atom is 0.339 e. The van der Waals surface area contributed by atoms with Gasteiger partial charge in [0.15, 0.2) is 11.5 Å². The Labute approximate surface area is 140 Å². The number of hydrogen-bond acceptors (Lipinski definition) is 4. The number of aromatic carboxylic acids is 1. The minimum Gasteiger partial charge on any atom is -0.493 e. The molecule has 0 aliphatic heterocycles. The van der Waals surface area contributed by atoms with Crippen molar-refractivity contribution >= 4 is 21.9 Å². The number of rotatable bonds is 7. The van der Waals surface area contributed by atoms with Gasteiger partial charge in [-0.2, -0.15) is 0 Å². The van der Waals surface area contributed by atoms with Crippen molar-refractivity contribution in [1.29, 1.82) is 0 Å². The van der Waals surface area contributed by atoms with Crippen LogP contribution in [0.15, 0.2) is 40.9 Å². The van der Waals surface area contributed by atoms with E-state index in [2.05, 4.69) is 15.9 Å². The molecular formula is C16H14BrFO5. The number of carboxylic acid groups (broad SMARTS) is 1. The van der Waals surface area contributed by atoms with Crippen LogP contribution in [0.4, 0.5) is 4.39 Å². The Balaban J connectivity index is 2.02. The summed E-state index contributed by atoms with van der Waals surface area (Å²) in [6, 6.07) is 8.62. The molecular weight excluding hydrogens is 371 g/mol. The maximum atomic E-state index is 12.8. The number of carbonyl (C=O) groups is 1. The number of hydrogen-bond donors (Lipinski definition) is 1. The van der Waals surface area contributed by atoms with E-state index in [0.29, 0.717) is 16.0 Å². The number of ether oxygens (including phenoxy) is 3. The highest BCUT2D eigenvalue weighted by atomic mass is 79.9. The SMILES string of the molecule is COc1cc(Br)cc(C(=O)O)c1OCCOc1ccc(F)cc1. The number of benzene rings is 2. The molecule has 0 radical (unpaired) electrons. The fourth-order valence-corrected chi connectivity index (χ4v) is 2.30. The van der Waals surface area contributed by atoms with Crippen LogP contribution in [0, 0.1) is 5.82 Å². The second-order valence-electron chi connectivity index (χ2n) is 4.44. The zero-order chi connectivity index (χ0) is 16.8. The first-order valence-corrected chi connectivity index (χ1v) is 7.42. The third-order valence-electron chi connectivity index (χ3n) is 2.88. The maximum absolute atomic E-state index is 12.8.